The van der Waals surface area contributed by atoms with Crippen LogP contribution in [0, 0.1) is 6.92 Å². The van der Waals surface area contributed by atoms with Crippen molar-refractivity contribution >= 4 is 23.3 Å². The van der Waals surface area contributed by atoms with E-state index in [1.807, 2.05) is 37.3 Å². The van der Waals surface area contributed by atoms with Crippen molar-refractivity contribution in [1.29, 1.82) is 0 Å². The molecule has 0 amide bonds. The van der Waals surface area contributed by atoms with E-state index in [2.05, 4.69) is 0 Å². The van der Waals surface area contributed by atoms with Crippen LogP contribution in [0.5, 0.6) is 0 Å². The Labute approximate surface area is 92.4 Å². The SMILES string of the molecule is Cc1ccc(N)cc1-c1ccc(C=O)s1. The van der Waals surface area contributed by atoms with Crippen molar-refractivity contribution in [1.82, 2.24) is 0 Å². The van der Waals surface area contributed by atoms with E-state index >= 15 is 0 Å². The van der Waals surface area contributed by atoms with Crippen LogP contribution < -0.4 is 5.73 Å². The molecule has 3 heteroatoms. The van der Waals surface area contributed by atoms with Gasteiger partial charge in [-0.05, 0) is 42.3 Å². The molecule has 0 aliphatic carbocycles. The van der Waals surface area contributed by atoms with Crippen LogP contribution in [-0.2, 0) is 0 Å². The van der Waals surface area contributed by atoms with E-state index in [0.717, 1.165) is 27.3 Å². The highest BCUT2D eigenvalue weighted by atomic mass is 32.1. The molecule has 0 bridgehead atoms. The molecule has 1 heterocycles. The summed E-state index contributed by atoms with van der Waals surface area (Å²) in [4.78, 5) is 12.4. The summed E-state index contributed by atoms with van der Waals surface area (Å²) >= 11 is 1.49. The number of aryl methyl sites for hydroxylation is 1. The monoisotopic (exact) mass is 217 g/mol. The maximum absolute atomic E-state index is 10.6. The minimum Gasteiger partial charge on any atom is -0.399 e. The van der Waals surface area contributed by atoms with Gasteiger partial charge in [-0.25, -0.2) is 0 Å². The highest BCUT2D eigenvalue weighted by Crippen LogP contribution is 2.31. The zero-order valence-corrected chi connectivity index (χ0v) is 9.17. The highest BCUT2D eigenvalue weighted by molar-refractivity contribution is 7.17. The smallest absolute Gasteiger partial charge is 0.160 e. The molecule has 0 atom stereocenters. The van der Waals surface area contributed by atoms with Gasteiger partial charge in [-0.15, -0.1) is 11.3 Å². The van der Waals surface area contributed by atoms with Gasteiger partial charge in [0.05, 0.1) is 4.88 Å². The van der Waals surface area contributed by atoms with Gasteiger partial charge in [0.2, 0.25) is 0 Å². The van der Waals surface area contributed by atoms with E-state index in [4.69, 9.17) is 5.73 Å². The Morgan fingerprint density at radius 3 is 2.73 bits per heavy atom. The van der Waals surface area contributed by atoms with Crippen molar-refractivity contribution in [3.8, 4) is 10.4 Å². The number of carbonyl (C=O) groups is 1. The third kappa shape index (κ3) is 1.92. The van der Waals surface area contributed by atoms with E-state index in [0.29, 0.717) is 0 Å². The molecule has 1 aromatic carbocycles. The molecule has 0 spiro atoms. The Hall–Kier alpha value is -1.61. The van der Waals surface area contributed by atoms with Crippen molar-refractivity contribution in [3.05, 3.63) is 40.8 Å². The molecule has 0 aliphatic heterocycles. The third-order valence-corrected chi connectivity index (χ3v) is 3.31. The highest BCUT2D eigenvalue weighted by Gasteiger charge is 2.05. The number of rotatable bonds is 2. The van der Waals surface area contributed by atoms with Crippen LogP contribution in [-0.4, -0.2) is 6.29 Å². The minimum absolute atomic E-state index is 0.742. The number of anilines is 1. The summed E-state index contributed by atoms with van der Waals surface area (Å²) in [5.74, 6) is 0. The lowest BCUT2D eigenvalue weighted by molar-refractivity contribution is 0.112. The van der Waals surface area contributed by atoms with Crippen LogP contribution in [0.4, 0.5) is 5.69 Å². The molecule has 0 saturated carbocycles. The second kappa shape index (κ2) is 3.87. The first-order valence-corrected chi connectivity index (χ1v) is 5.44. The predicted octanol–water partition coefficient (Wildman–Crippen LogP) is 3.12. The minimum atomic E-state index is 0.742. The van der Waals surface area contributed by atoms with E-state index in [1.165, 1.54) is 16.9 Å². The summed E-state index contributed by atoms with van der Waals surface area (Å²) < 4.78 is 0. The fraction of sp³-hybridized carbons (Fsp3) is 0.0833. The molecule has 0 unspecified atom stereocenters. The Bertz CT molecular complexity index is 502. The van der Waals surface area contributed by atoms with Crippen molar-refractivity contribution in [3.63, 3.8) is 0 Å². The van der Waals surface area contributed by atoms with Crippen molar-refractivity contribution < 1.29 is 4.79 Å². The van der Waals surface area contributed by atoms with Crippen LogP contribution in [0.15, 0.2) is 30.3 Å². The molecule has 0 fully saturated rings. The van der Waals surface area contributed by atoms with Crippen LogP contribution in [0.3, 0.4) is 0 Å². The molecule has 2 N–H and O–H groups in total. The maximum Gasteiger partial charge on any atom is 0.160 e. The van der Waals surface area contributed by atoms with Gasteiger partial charge in [0.1, 0.15) is 0 Å². The Kier molecular flexibility index (Phi) is 2.56. The molecule has 2 aromatic rings. The van der Waals surface area contributed by atoms with Crippen LogP contribution in [0.1, 0.15) is 15.2 Å². The second-order valence-electron chi connectivity index (χ2n) is 3.39. The van der Waals surface area contributed by atoms with Crippen molar-refractivity contribution in [2.75, 3.05) is 5.73 Å². The van der Waals surface area contributed by atoms with Gasteiger partial charge in [0.25, 0.3) is 0 Å². The third-order valence-electron chi connectivity index (χ3n) is 2.27. The Balaban J connectivity index is 2.52. The fourth-order valence-corrected chi connectivity index (χ4v) is 2.37. The van der Waals surface area contributed by atoms with E-state index < -0.39 is 0 Å². The first kappa shape index (κ1) is 9.93. The van der Waals surface area contributed by atoms with Crippen LogP contribution in [0.2, 0.25) is 0 Å². The van der Waals surface area contributed by atoms with Crippen molar-refractivity contribution in [2.24, 2.45) is 0 Å². The number of nitrogens with two attached hydrogens (primary N) is 1. The number of carbonyl (C=O) groups excluding carboxylic acids is 1. The lowest BCUT2D eigenvalue weighted by Gasteiger charge is -2.03. The van der Waals surface area contributed by atoms with E-state index in [1.54, 1.807) is 0 Å². The average Bonchev–Trinajstić information content (AvgIpc) is 2.70. The molecule has 1 aromatic heterocycles. The van der Waals surface area contributed by atoms with Gasteiger partial charge in [0, 0.05) is 10.6 Å². The molecule has 2 nitrogen and oxygen atoms in total. The number of hydrogen-bond acceptors (Lipinski definition) is 3. The van der Waals surface area contributed by atoms with E-state index in [-0.39, 0.29) is 0 Å². The van der Waals surface area contributed by atoms with E-state index in [9.17, 15) is 4.79 Å². The molecule has 0 radical (unpaired) electrons. The van der Waals surface area contributed by atoms with Gasteiger partial charge >= 0.3 is 0 Å². The number of thiophene rings is 1. The zero-order chi connectivity index (χ0) is 10.8. The molecule has 0 aliphatic rings. The normalized spacial score (nSPS) is 10.2. The van der Waals surface area contributed by atoms with Gasteiger partial charge in [-0.1, -0.05) is 6.07 Å². The number of nitrogen functional groups attached to an aromatic ring is 1. The molecular formula is C12H11NOS. The second-order valence-corrected chi connectivity index (χ2v) is 4.51. The van der Waals surface area contributed by atoms with Crippen LogP contribution >= 0.6 is 11.3 Å². The largest absolute Gasteiger partial charge is 0.399 e. The summed E-state index contributed by atoms with van der Waals surface area (Å²) in [7, 11) is 0. The summed E-state index contributed by atoms with van der Waals surface area (Å²) in [6.07, 6.45) is 0.871. The van der Waals surface area contributed by atoms with Gasteiger partial charge in [-0.2, -0.15) is 0 Å². The topological polar surface area (TPSA) is 43.1 Å². The molecular weight excluding hydrogens is 206 g/mol. The lowest BCUT2D eigenvalue weighted by atomic mass is 10.1. The number of aldehydes is 1. The molecule has 76 valence electrons. The summed E-state index contributed by atoms with van der Waals surface area (Å²) in [5, 5.41) is 0. The number of benzene rings is 1. The zero-order valence-electron chi connectivity index (χ0n) is 8.36. The average molecular weight is 217 g/mol. The fourth-order valence-electron chi connectivity index (χ4n) is 1.47. The first-order chi connectivity index (χ1) is 7.20. The predicted molar refractivity (Wildman–Crippen MR) is 64.3 cm³/mol. The van der Waals surface area contributed by atoms with Gasteiger partial charge in [-0.3, -0.25) is 4.79 Å². The van der Waals surface area contributed by atoms with Crippen LogP contribution in [0.25, 0.3) is 10.4 Å². The Morgan fingerprint density at radius 2 is 2.07 bits per heavy atom. The van der Waals surface area contributed by atoms with Gasteiger partial charge in [0.15, 0.2) is 6.29 Å². The molecule has 15 heavy (non-hydrogen) atoms. The van der Waals surface area contributed by atoms with Gasteiger partial charge < -0.3 is 5.73 Å². The maximum atomic E-state index is 10.6. The van der Waals surface area contributed by atoms with Crippen molar-refractivity contribution in [2.45, 2.75) is 6.92 Å². The summed E-state index contributed by atoms with van der Waals surface area (Å²) in [6, 6.07) is 9.60. The molecule has 2 rings (SSSR count). The molecule has 0 saturated heterocycles. The number of hydrogen-bond donors (Lipinski definition) is 1. The standard InChI is InChI=1S/C12H11NOS/c1-8-2-3-9(13)6-11(8)12-5-4-10(7-14)15-12/h2-7H,13H2,1H3. The quantitative estimate of drug-likeness (QED) is 0.620. The first-order valence-electron chi connectivity index (χ1n) is 4.62. The summed E-state index contributed by atoms with van der Waals surface area (Å²) in [5.41, 5.74) is 8.76. The summed E-state index contributed by atoms with van der Waals surface area (Å²) in [6.45, 7) is 2.04. The lowest BCUT2D eigenvalue weighted by Crippen LogP contribution is -1.86. The Morgan fingerprint density at radius 1 is 1.27 bits per heavy atom.